The Morgan fingerprint density at radius 3 is 2.12 bits per heavy atom. The first kappa shape index (κ1) is 14.3. The van der Waals surface area contributed by atoms with Gasteiger partial charge < -0.3 is 30.3 Å². The summed E-state index contributed by atoms with van der Waals surface area (Å²) in [5.74, 6) is -1.10. The van der Waals surface area contributed by atoms with Gasteiger partial charge in [0.1, 0.15) is 17.8 Å². The van der Waals surface area contributed by atoms with Crippen molar-refractivity contribution in [2.75, 3.05) is 13.7 Å². The normalized spacial score (nSPS) is 38.4. The summed E-state index contributed by atoms with van der Waals surface area (Å²) in [4.78, 5) is 11.5. The minimum absolute atomic E-state index is 0.809. The van der Waals surface area contributed by atoms with Crippen LogP contribution in [0.1, 0.15) is 13.8 Å². The summed E-state index contributed by atoms with van der Waals surface area (Å²) in [6.45, 7) is 1.88. The van der Waals surface area contributed by atoms with Crippen LogP contribution >= 0.6 is 0 Å². The molecule has 0 bridgehead atoms. The predicted molar refractivity (Wildman–Crippen MR) is 54.8 cm³/mol. The van der Waals surface area contributed by atoms with E-state index in [-0.39, 0.29) is 0 Å². The Morgan fingerprint density at radius 1 is 1.29 bits per heavy atom. The maximum Gasteiger partial charge on any atom is 0.341 e. The van der Waals surface area contributed by atoms with Crippen LogP contribution in [0.25, 0.3) is 0 Å². The van der Waals surface area contributed by atoms with E-state index in [9.17, 15) is 25.2 Å². The minimum Gasteiger partial charge on any atom is -0.467 e. The van der Waals surface area contributed by atoms with Crippen LogP contribution in [0, 0.1) is 5.41 Å². The van der Waals surface area contributed by atoms with Gasteiger partial charge in [0, 0.05) is 5.41 Å². The third-order valence-corrected chi connectivity index (χ3v) is 3.81. The van der Waals surface area contributed by atoms with Gasteiger partial charge in [-0.05, 0) is 0 Å². The molecule has 1 aliphatic carbocycles. The van der Waals surface area contributed by atoms with Crippen LogP contribution in [0.4, 0.5) is 0 Å². The molecule has 17 heavy (non-hydrogen) atoms. The Hall–Kier alpha value is -0.730. The Labute approximate surface area is 98.3 Å². The van der Waals surface area contributed by atoms with Crippen LogP contribution in [-0.2, 0) is 9.53 Å². The number of hydrogen-bond acceptors (Lipinski definition) is 7. The van der Waals surface area contributed by atoms with Gasteiger partial charge in [0.05, 0.1) is 13.7 Å². The SMILES string of the molecule is COC(=O)[C@]1(O)C(C)(C)[C@]1(O)[C@H](O)[C@@H](O)CO. The number of aliphatic hydroxyl groups excluding tert-OH is 3. The van der Waals surface area contributed by atoms with Crippen LogP contribution in [0.5, 0.6) is 0 Å². The zero-order valence-corrected chi connectivity index (χ0v) is 9.91. The molecule has 0 radical (unpaired) electrons. The third kappa shape index (κ3) is 1.37. The van der Waals surface area contributed by atoms with E-state index in [4.69, 9.17) is 5.11 Å². The lowest BCUT2D eigenvalue weighted by molar-refractivity contribution is -0.167. The number of rotatable bonds is 4. The molecule has 7 nitrogen and oxygen atoms in total. The van der Waals surface area contributed by atoms with Crippen molar-refractivity contribution in [2.45, 2.75) is 37.3 Å². The molecule has 7 heteroatoms. The van der Waals surface area contributed by atoms with E-state index in [2.05, 4.69) is 4.74 Å². The summed E-state index contributed by atoms with van der Waals surface area (Å²) in [7, 11) is 1.03. The second kappa shape index (κ2) is 3.89. The van der Waals surface area contributed by atoms with E-state index >= 15 is 0 Å². The molecule has 0 aliphatic heterocycles. The lowest BCUT2D eigenvalue weighted by Crippen LogP contribution is -2.49. The van der Waals surface area contributed by atoms with Crippen molar-refractivity contribution in [3.8, 4) is 0 Å². The Bertz CT molecular complexity index is 329. The fraction of sp³-hybridized carbons (Fsp3) is 0.900. The highest BCUT2D eigenvalue weighted by Gasteiger charge is 2.90. The van der Waals surface area contributed by atoms with Gasteiger partial charge in [-0.2, -0.15) is 0 Å². The highest BCUT2D eigenvalue weighted by atomic mass is 16.6. The van der Waals surface area contributed by atoms with Gasteiger partial charge in [0.2, 0.25) is 5.60 Å². The van der Waals surface area contributed by atoms with Gasteiger partial charge in [0.25, 0.3) is 0 Å². The van der Waals surface area contributed by atoms with Crippen LogP contribution in [0.15, 0.2) is 0 Å². The lowest BCUT2D eigenvalue weighted by atomic mass is 9.98. The summed E-state index contributed by atoms with van der Waals surface area (Å²) in [6.07, 6.45) is -3.54. The largest absolute Gasteiger partial charge is 0.467 e. The molecule has 4 atom stereocenters. The molecule has 0 aromatic carbocycles. The van der Waals surface area contributed by atoms with E-state index in [1.54, 1.807) is 0 Å². The molecule has 0 spiro atoms. The number of carbonyl (C=O) groups is 1. The average Bonchev–Trinajstić information content (AvgIpc) is 2.67. The summed E-state index contributed by atoms with van der Waals surface area (Å²) in [6, 6.07) is 0. The van der Waals surface area contributed by atoms with Crippen LogP contribution in [0.3, 0.4) is 0 Å². The summed E-state index contributed by atoms with van der Waals surface area (Å²) >= 11 is 0. The van der Waals surface area contributed by atoms with E-state index in [1.165, 1.54) is 13.8 Å². The first-order chi connectivity index (χ1) is 7.62. The predicted octanol–water partition coefficient (Wildman–Crippen LogP) is -2.62. The van der Waals surface area contributed by atoms with Gasteiger partial charge in [-0.1, -0.05) is 13.8 Å². The molecule has 1 fully saturated rings. The van der Waals surface area contributed by atoms with Crippen molar-refractivity contribution in [3.63, 3.8) is 0 Å². The smallest absolute Gasteiger partial charge is 0.341 e. The summed E-state index contributed by atoms with van der Waals surface area (Å²) in [5.41, 5.74) is -5.98. The Kier molecular flexibility index (Phi) is 3.28. The molecule has 0 saturated heterocycles. The average molecular weight is 250 g/mol. The molecule has 1 saturated carbocycles. The molecule has 0 amide bonds. The standard InChI is InChI=1S/C10H18O7/c1-8(2)9(15,6(13)5(12)4-11)10(8,16)7(14)17-3/h5-6,11-13,15-16H,4H2,1-3H3/t5-,6+,9+,10-/m0/s1. The van der Waals surface area contributed by atoms with Gasteiger partial charge in [-0.25, -0.2) is 4.79 Å². The molecule has 100 valence electrons. The van der Waals surface area contributed by atoms with Crippen molar-refractivity contribution in [1.29, 1.82) is 0 Å². The topological polar surface area (TPSA) is 127 Å². The number of ether oxygens (including phenoxy) is 1. The maximum atomic E-state index is 11.5. The summed E-state index contributed by atoms with van der Waals surface area (Å²) < 4.78 is 4.37. The number of hydrogen-bond donors (Lipinski definition) is 5. The zero-order valence-electron chi connectivity index (χ0n) is 9.91. The van der Waals surface area contributed by atoms with Gasteiger partial charge >= 0.3 is 5.97 Å². The zero-order chi connectivity index (χ0) is 13.6. The molecule has 0 aromatic heterocycles. The Morgan fingerprint density at radius 2 is 1.76 bits per heavy atom. The summed E-state index contributed by atoms with van der Waals surface area (Å²) in [5, 5.41) is 48.0. The van der Waals surface area contributed by atoms with Gasteiger partial charge in [-0.3, -0.25) is 0 Å². The molecule has 0 unspecified atom stereocenters. The number of aliphatic hydroxyl groups is 5. The Balaban J connectivity index is 3.11. The van der Waals surface area contributed by atoms with E-state index in [0.29, 0.717) is 0 Å². The van der Waals surface area contributed by atoms with Crippen molar-refractivity contribution in [3.05, 3.63) is 0 Å². The lowest BCUT2D eigenvalue weighted by Gasteiger charge is -2.24. The number of carbonyl (C=O) groups excluding carboxylic acids is 1. The van der Waals surface area contributed by atoms with E-state index in [0.717, 1.165) is 7.11 Å². The van der Waals surface area contributed by atoms with Crippen molar-refractivity contribution < 1.29 is 35.1 Å². The molecule has 0 aromatic rings. The molecule has 1 aliphatic rings. The molecular formula is C10H18O7. The first-order valence-electron chi connectivity index (χ1n) is 5.13. The van der Waals surface area contributed by atoms with Crippen molar-refractivity contribution in [1.82, 2.24) is 0 Å². The van der Waals surface area contributed by atoms with Crippen molar-refractivity contribution in [2.24, 2.45) is 5.41 Å². The van der Waals surface area contributed by atoms with E-state index in [1.807, 2.05) is 0 Å². The quantitative estimate of drug-likeness (QED) is 0.345. The van der Waals surface area contributed by atoms with Crippen LogP contribution in [-0.4, -0.2) is 68.6 Å². The van der Waals surface area contributed by atoms with Crippen molar-refractivity contribution >= 4 is 5.97 Å². The fourth-order valence-electron chi connectivity index (χ4n) is 2.38. The van der Waals surface area contributed by atoms with Crippen LogP contribution < -0.4 is 0 Å². The molecule has 0 heterocycles. The number of methoxy groups -OCH3 is 1. The molecule has 1 rings (SSSR count). The second-order valence-electron chi connectivity index (χ2n) is 4.79. The van der Waals surface area contributed by atoms with E-state index < -0.39 is 41.4 Å². The highest BCUT2D eigenvalue weighted by molar-refractivity contribution is 5.88. The monoisotopic (exact) mass is 250 g/mol. The third-order valence-electron chi connectivity index (χ3n) is 3.81. The second-order valence-corrected chi connectivity index (χ2v) is 4.79. The fourth-order valence-corrected chi connectivity index (χ4v) is 2.38. The molecule has 5 N–H and O–H groups in total. The number of esters is 1. The highest BCUT2D eigenvalue weighted by Crippen LogP contribution is 2.67. The maximum absolute atomic E-state index is 11.5. The minimum atomic E-state index is -2.32. The van der Waals surface area contributed by atoms with Gasteiger partial charge in [0.15, 0.2) is 0 Å². The molecular weight excluding hydrogens is 232 g/mol. The van der Waals surface area contributed by atoms with Gasteiger partial charge in [-0.15, -0.1) is 0 Å². The first-order valence-corrected chi connectivity index (χ1v) is 5.13. The van der Waals surface area contributed by atoms with Crippen LogP contribution in [0.2, 0.25) is 0 Å².